The first-order valence-corrected chi connectivity index (χ1v) is 7.58. The van der Waals surface area contributed by atoms with Gasteiger partial charge in [-0.25, -0.2) is 4.39 Å². The van der Waals surface area contributed by atoms with Gasteiger partial charge in [0.05, 0.1) is 0 Å². The van der Waals surface area contributed by atoms with Gasteiger partial charge in [0.15, 0.2) is 0 Å². The van der Waals surface area contributed by atoms with Crippen molar-refractivity contribution in [1.29, 1.82) is 0 Å². The summed E-state index contributed by atoms with van der Waals surface area (Å²) in [6.07, 6.45) is 3.57. The number of halogens is 1. The Balaban J connectivity index is 2.81. The van der Waals surface area contributed by atoms with Crippen LogP contribution in [0.5, 0.6) is 0 Å². The van der Waals surface area contributed by atoms with E-state index in [9.17, 15) is 4.39 Å². The SMILES string of the molecule is CCCCCN(C)c1cccc(F)c1CNC(C)(C)C. The number of rotatable bonds is 7. The van der Waals surface area contributed by atoms with Crippen LogP contribution in [0.1, 0.15) is 52.5 Å². The largest absolute Gasteiger partial charge is 0.374 e. The maximum Gasteiger partial charge on any atom is 0.129 e. The van der Waals surface area contributed by atoms with Gasteiger partial charge in [-0.2, -0.15) is 0 Å². The Hall–Kier alpha value is -1.09. The highest BCUT2D eigenvalue weighted by atomic mass is 19.1. The molecule has 0 saturated carbocycles. The second-order valence-electron chi connectivity index (χ2n) is 6.47. The van der Waals surface area contributed by atoms with Crippen LogP contribution in [0.25, 0.3) is 0 Å². The molecule has 1 rings (SSSR count). The highest BCUT2D eigenvalue weighted by Gasteiger charge is 2.15. The molecule has 1 N–H and O–H groups in total. The van der Waals surface area contributed by atoms with Crippen LogP contribution in [-0.4, -0.2) is 19.1 Å². The Labute approximate surface area is 123 Å². The van der Waals surface area contributed by atoms with Gasteiger partial charge < -0.3 is 10.2 Å². The summed E-state index contributed by atoms with van der Waals surface area (Å²) >= 11 is 0. The molecule has 0 atom stereocenters. The third kappa shape index (κ3) is 5.49. The third-order valence-electron chi connectivity index (χ3n) is 3.40. The molecule has 20 heavy (non-hydrogen) atoms. The summed E-state index contributed by atoms with van der Waals surface area (Å²) < 4.78 is 14.1. The molecule has 0 aliphatic heterocycles. The summed E-state index contributed by atoms with van der Waals surface area (Å²) in [6.45, 7) is 10.0. The molecule has 2 nitrogen and oxygen atoms in total. The van der Waals surface area contributed by atoms with E-state index in [-0.39, 0.29) is 11.4 Å². The number of nitrogens with one attached hydrogen (secondary N) is 1. The summed E-state index contributed by atoms with van der Waals surface area (Å²) in [5, 5.41) is 3.37. The topological polar surface area (TPSA) is 15.3 Å². The van der Waals surface area contributed by atoms with Gasteiger partial charge in [0.1, 0.15) is 5.82 Å². The van der Waals surface area contributed by atoms with Crippen LogP contribution in [0.3, 0.4) is 0 Å². The van der Waals surface area contributed by atoms with E-state index in [1.54, 1.807) is 12.1 Å². The molecule has 0 spiro atoms. The number of hydrogen-bond acceptors (Lipinski definition) is 2. The van der Waals surface area contributed by atoms with Crippen molar-refractivity contribution in [3.63, 3.8) is 0 Å². The Morgan fingerprint density at radius 2 is 1.90 bits per heavy atom. The second kappa shape index (κ2) is 7.63. The highest BCUT2D eigenvalue weighted by Crippen LogP contribution is 2.23. The predicted molar refractivity (Wildman–Crippen MR) is 85.8 cm³/mol. The predicted octanol–water partition coefficient (Wildman–Crippen LogP) is 4.34. The Morgan fingerprint density at radius 1 is 1.20 bits per heavy atom. The summed E-state index contributed by atoms with van der Waals surface area (Å²) in [5.74, 6) is -0.124. The van der Waals surface area contributed by atoms with Crippen molar-refractivity contribution in [2.45, 2.75) is 59.0 Å². The normalized spacial score (nSPS) is 11.7. The van der Waals surface area contributed by atoms with Crippen LogP contribution < -0.4 is 10.2 Å². The minimum atomic E-state index is -0.124. The van der Waals surface area contributed by atoms with Crippen molar-refractivity contribution in [1.82, 2.24) is 5.32 Å². The van der Waals surface area contributed by atoms with Crippen molar-refractivity contribution >= 4 is 5.69 Å². The smallest absolute Gasteiger partial charge is 0.129 e. The molecule has 3 heteroatoms. The van der Waals surface area contributed by atoms with Gasteiger partial charge in [0.2, 0.25) is 0 Å². The molecule has 0 amide bonds. The molecular weight excluding hydrogens is 251 g/mol. The van der Waals surface area contributed by atoms with Gasteiger partial charge in [0.25, 0.3) is 0 Å². The van der Waals surface area contributed by atoms with E-state index in [1.165, 1.54) is 12.8 Å². The third-order valence-corrected chi connectivity index (χ3v) is 3.40. The summed E-state index contributed by atoms with van der Waals surface area (Å²) in [6, 6.07) is 5.35. The second-order valence-corrected chi connectivity index (χ2v) is 6.47. The molecule has 0 unspecified atom stereocenters. The van der Waals surface area contributed by atoms with E-state index in [0.717, 1.165) is 24.2 Å². The quantitative estimate of drug-likeness (QED) is 0.747. The van der Waals surface area contributed by atoms with Crippen molar-refractivity contribution in [3.8, 4) is 0 Å². The molecule has 0 heterocycles. The van der Waals surface area contributed by atoms with E-state index >= 15 is 0 Å². The number of anilines is 1. The van der Waals surface area contributed by atoms with E-state index in [0.29, 0.717) is 6.54 Å². The number of benzene rings is 1. The molecule has 114 valence electrons. The number of hydrogen-bond donors (Lipinski definition) is 1. The molecule has 0 aromatic heterocycles. The fourth-order valence-electron chi connectivity index (χ4n) is 2.15. The zero-order valence-corrected chi connectivity index (χ0v) is 13.6. The number of nitrogens with zero attached hydrogens (tertiary/aromatic N) is 1. The highest BCUT2D eigenvalue weighted by molar-refractivity contribution is 5.53. The minimum Gasteiger partial charge on any atom is -0.374 e. The maximum atomic E-state index is 14.1. The van der Waals surface area contributed by atoms with Crippen LogP contribution >= 0.6 is 0 Å². The lowest BCUT2D eigenvalue weighted by molar-refractivity contribution is 0.418. The Kier molecular flexibility index (Phi) is 6.47. The molecule has 1 aromatic carbocycles. The summed E-state index contributed by atoms with van der Waals surface area (Å²) in [4.78, 5) is 2.17. The van der Waals surface area contributed by atoms with Crippen LogP contribution in [0.2, 0.25) is 0 Å². The molecule has 1 aromatic rings. The van der Waals surface area contributed by atoms with Crippen LogP contribution in [0, 0.1) is 5.82 Å². The first-order chi connectivity index (χ1) is 9.35. The van der Waals surface area contributed by atoms with Gasteiger partial charge in [-0.1, -0.05) is 25.8 Å². The zero-order chi connectivity index (χ0) is 15.2. The average Bonchev–Trinajstić information content (AvgIpc) is 2.36. The maximum absolute atomic E-state index is 14.1. The molecule has 0 aliphatic rings. The fourth-order valence-corrected chi connectivity index (χ4v) is 2.15. The Bertz CT molecular complexity index is 410. The lowest BCUT2D eigenvalue weighted by Crippen LogP contribution is -2.36. The van der Waals surface area contributed by atoms with Gasteiger partial charge in [0, 0.05) is 36.9 Å². The lowest BCUT2D eigenvalue weighted by atomic mass is 10.1. The molecule has 0 radical (unpaired) electrons. The van der Waals surface area contributed by atoms with Crippen molar-refractivity contribution in [2.75, 3.05) is 18.5 Å². The summed E-state index contributed by atoms with van der Waals surface area (Å²) in [7, 11) is 2.05. The van der Waals surface area contributed by atoms with Gasteiger partial charge in [-0.05, 0) is 39.3 Å². The molecule has 0 aliphatic carbocycles. The van der Waals surface area contributed by atoms with Gasteiger partial charge >= 0.3 is 0 Å². The van der Waals surface area contributed by atoms with Crippen molar-refractivity contribution < 1.29 is 4.39 Å². The average molecular weight is 280 g/mol. The lowest BCUT2D eigenvalue weighted by Gasteiger charge is -2.26. The summed E-state index contributed by atoms with van der Waals surface area (Å²) in [5.41, 5.74) is 1.75. The first kappa shape index (κ1) is 17.0. The van der Waals surface area contributed by atoms with Crippen molar-refractivity contribution in [3.05, 3.63) is 29.6 Å². The monoisotopic (exact) mass is 280 g/mol. The number of unbranched alkanes of at least 4 members (excludes halogenated alkanes) is 2. The van der Waals surface area contributed by atoms with E-state index in [4.69, 9.17) is 0 Å². The zero-order valence-electron chi connectivity index (χ0n) is 13.6. The van der Waals surface area contributed by atoms with Crippen LogP contribution in [0.15, 0.2) is 18.2 Å². The van der Waals surface area contributed by atoms with E-state index in [1.807, 2.05) is 13.1 Å². The minimum absolute atomic E-state index is 0.0136. The molecular formula is C17H29FN2. The molecule has 0 bridgehead atoms. The van der Waals surface area contributed by atoms with Crippen LogP contribution in [-0.2, 0) is 6.54 Å². The Morgan fingerprint density at radius 3 is 2.50 bits per heavy atom. The van der Waals surface area contributed by atoms with Crippen LogP contribution in [0.4, 0.5) is 10.1 Å². The molecule has 0 saturated heterocycles. The first-order valence-electron chi connectivity index (χ1n) is 7.58. The van der Waals surface area contributed by atoms with Crippen molar-refractivity contribution in [2.24, 2.45) is 0 Å². The molecule has 0 fully saturated rings. The van der Waals surface area contributed by atoms with Gasteiger partial charge in [-0.3, -0.25) is 0 Å². The van der Waals surface area contributed by atoms with E-state index < -0.39 is 0 Å². The standard InChI is InChI=1S/C17H29FN2/c1-6-7-8-12-20(5)16-11-9-10-15(18)14(16)13-19-17(2,3)4/h9-11,19H,6-8,12-13H2,1-5H3. The van der Waals surface area contributed by atoms with E-state index in [2.05, 4.69) is 37.9 Å². The fraction of sp³-hybridized carbons (Fsp3) is 0.647. The van der Waals surface area contributed by atoms with Gasteiger partial charge in [-0.15, -0.1) is 0 Å².